The Kier molecular flexibility index (Phi) is 6.63. The van der Waals surface area contributed by atoms with Crippen LogP contribution in [0.2, 0.25) is 0 Å². The van der Waals surface area contributed by atoms with E-state index < -0.39 is 71.0 Å². The van der Waals surface area contributed by atoms with Crippen molar-refractivity contribution in [3.63, 3.8) is 0 Å². The third kappa shape index (κ3) is 4.23. The second-order valence-electron chi connectivity index (χ2n) is 12.7. The van der Waals surface area contributed by atoms with Crippen LogP contribution in [0.3, 0.4) is 0 Å². The average Bonchev–Trinajstić information content (AvgIpc) is 3.70. The van der Waals surface area contributed by atoms with Crippen molar-refractivity contribution in [1.29, 1.82) is 5.26 Å². The number of carbonyl (C=O) groups excluding carboxylic acids is 4. The Bertz CT molecular complexity index is 1420. The van der Waals surface area contributed by atoms with E-state index >= 15 is 4.39 Å². The summed E-state index contributed by atoms with van der Waals surface area (Å²) in [5, 5.41) is 14.7. The largest absolute Gasteiger partial charge is 0.472 e. The Morgan fingerprint density at radius 3 is 2.70 bits per heavy atom. The van der Waals surface area contributed by atoms with Crippen molar-refractivity contribution in [2.24, 2.45) is 29.1 Å². The molecule has 5 aliphatic rings. The molecule has 1 aromatic heterocycles. The van der Waals surface area contributed by atoms with E-state index in [0.29, 0.717) is 6.42 Å². The van der Waals surface area contributed by atoms with E-state index in [2.05, 4.69) is 10.3 Å². The molecule has 4 amide bonds. The fraction of sp³-hybridized carbons (Fsp3) is 0.643. The van der Waals surface area contributed by atoms with Gasteiger partial charge in [0.1, 0.15) is 24.3 Å². The quantitative estimate of drug-likeness (QED) is 0.384. The number of carbonyl (C=O) groups is 4. The van der Waals surface area contributed by atoms with Crippen LogP contribution in [0.15, 0.2) is 18.3 Å². The third-order valence-corrected chi connectivity index (χ3v) is 10.2. The number of nitriles is 1. The van der Waals surface area contributed by atoms with E-state index in [1.165, 1.54) is 6.20 Å². The second kappa shape index (κ2) is 9.78. The Hall–Kier alpha value is -3.96. The molecule has 9 atom stereocenters. The van der Waals surface area contributed by atoms with Crippen LogP contribution in [0.5, 0.6) is 5.75 Å². The smallest absolute Gasteiger partial charge is 0.396 e. The summed E-state index contributed by atoms with van der Waals surface area (Å²) < 4.78 is 63.3. The molecule has 1 spiro atoms. The van der Waals surface area contributed by atoms with Gasteiger partial charge in [-0.1, -0.05) is 0 Å². The minimum Gasteiger partial charge on any atom is -0.472 e. The van der Waals surface area contributed by atoms with E-state index in [1.54, 1.807) is 12.1 Å². The number of pyridine rings is 1. The van der Waals surface area contributed by atoms with Crippen LogP contribution in [0.25, 0.3) is 0 Å². The maximum absolute atomic E-state index is 15.1. The molecule has 230 valence electrons. The molecule has 4 fully saturated rings. The Labute approximate surface area is 243 Å². The average molecular weight is 607 g/mol. The lowest BCUT2D eigenvalue weighted by molar-refractivity contribution is -0.222. The Balaban J connectivity index is 1.36. The van der Waals surface area contributed by atoms with Crippen LogP contribution < -0.4 is 15.4 Å². The minimum absolute atomic E-state index is 0.00668. The van der Waals surface area contributed by atoms with Crippen LogP contribution in [0.1, 0.15) is 33.1 Å². The lowest BCUT2D eigenvalue weighted by atomic mass is 9.77. The number of likely N-dealkylation sites (tertiary alicyclic amines) is 2. The zero-order chi connectivity index (χ0) is 31.1. The molecule has 11 nitrogen and oxygen atoms in total. The zero-order valence-electron chi connectivity index (χ0n) is 23.3. The maximum Gasteiger partial charge on any atom is 0.396 e. The van der Waals surface area contributed by atoms with Gasteiger partial charge in [-0.25, -0.2) is 9.37 Å². The van der Waals surface area contributed by atoms with Gasteiger partial charge in [-0.2, -0.15) is 18.4 Å². The first-order chi connectivity index (χ1) is 20.2. The third-order valence-electron chi connectivity index (χ3n) is 10.2. The summed E-state index contributed by atoms with van der Waals surface area (Å²) in [7, 11) is 0. The van der Waals surface area contributed by atoms with Crippen molar-refractivity contribution in [3.8, 4) is 11.8 Å². The number of hydrogen-bond acceptors (Lipinski definition) is 7. The molecule has 43 heavy (non-hydrogen) atoms. The predicted octanol–water partition coefficient (Wildman–Crippen LogP) is 1.80. The van der Waals surface area contributed by atoms with Gasteiger partial charge < -0.3 is 25.2 Å². The Morgan fingerprint density at radius 1 is 1.28 bits per heavy atom. The number of fused-ring (bicyclic) bond motifs is 6. The first-order valence-electron chi connectivity index (χ1n) is 14.1. The predicted molar refractivity (Wildman–Crippen MR) is 138 cm³/mol. The van der Waals surface area contributed by atoms with Crippen molar-refractivity contribution in [2.75, 3.05) is 18.4 Å². The fourth-order valence-electron chi connectivity index (χ4n) is 7.91. The van der Waals surface area contributed by atoms with Crippen molar-refractivity contribution in [3.05, 3.63) is 18.3 Å². The van der Waals surface area contributed by atoms with E-state index in [1.807, 2.05) is 11.4 Å². The van der Waals surface area contributed by atoms with E-state index in [4.69, 9.17) is 4.74 Å². The highest BCUT2D eigenvalue weighted by Gasteiger charge is 2.66. The van der Waals surface area contributed by atoms with Gasteiger partial charge in [0, 0.05) is 19.2 Å². The van der Waals surface area contributed by atoms with Crippen LogP contribution in [0.4, 0.5) is 23.4 Å². The molecule has 0 radical (unpaired) electrons. The van der Waals surface area contributed by atoms with Gasteiger partial charge in [0.15, 0.2) is 11.6 Å². The number of nitrogens with zero attached hydrogens (tertiary/aromatic N) is 4. The number of halogens is 4. The minimum atomic E-state index is -4.90. The number of anilines is 1. The van der Waals surface area contributed by atoms with Crippen LogP contribution in [-0.2, 0) is 19.2 Å². The second-order valence-corrected chi connectivity index (χ2v) is 12.7. The molecule has 2 aliphatic carbocycles. The summed E-state index contributed by atoms with van der Waals surface area (Å²) in [4.78, 5) is 59.1. The zero-order valence-corrected chi connectivity index (χ0v) is 23.3. The summed E-state index contributed by atoms with van der Waals surface area (Å²) >= 11 is 0. The first kappa shape index (κ1) is 29.1. The van der Waals surface area contributed by atoms with E-state index in [-0.39, 0.29) is 55.7 Å². The van der Waals surface area contributed by atoms with Gasteiger partial charge in [0.25, 0.3) is 5.91 Å². The van der Waals surface area contributed by atoms with Crippen molar-refractivity contribution in [1.82, 2.24) is 20.1 Å². The number of alkyl halides is 4. The molecule has 2 bridgehead atoms. The fourth-order valence-corrected chi connectivity index (χ4v) is 7.91. The lowest BCUT2D eigenvalue weighted by Crippen LogP contribution is -2.62. The number of ether oxygens (including phenoxy) is 1. The van der Waals surface area contributed by atoms with Crippen LogP contribution >= 0.6 is 0 Å². The summed E-state index contributed by atoms with van der Waals surface area (Å²) in [5.41, 5.74) is -4.36. The van der Waals surface area contributed by atoms with Crippen molar-refractivity contribution < 1.29 is 41.5 Å². The number of amides is 4. The molecular formula is C28H30F4N6O5. The first-order valence-corrected chi connectivity index (χ1v) is 14.1. The standard InChI is InChI=1S/C28H30F4N6O5/c1-26(2,28(30,31)32)21(35-12-39)24(41)37-10-16-13-6-15(17(29)7-13)19(16)20(37)23(40)38-11-27(8-14(38)9-33)25(42)36-22-18(43-27)4-3-5-34-22/h3-5,12-17,19-21H,6-8,10-11H2,1-2H3,(H,35,39)(H,34,36,42). The van der Waals surface area contributed by atoms with Crippen LogP contribution in [0, 0.1) is 40.4 Å². The lowest BCUT2D eigenvalue weighted by Gasteiger charge is -2.40. The van der Waals surface area contributed by atoms with E-state index in [0.717, 1.165) is 23.6 Å². The molecule has 1 aromatic rings. The number of aromatic nitrogens is 1. The number of hydrogen-bond donors (Lipinski definition) is 2. The maximum atomic E-state index is 15.1. The molecule has 2 saturated carbocycles. The number of rotatable bonds is 5. The van der Waals surface area contributed by atoms with Gasteiger partial charge in [0.2, 0.25) is 23.8 Å². The number of nitrogens with one attached hydrogen (secondary N) is 2. The van der Waals surface area contributed by atoms with Crippen LogP contribution in [-0.4, -0.2) is 88.1 Å². The molecule has 9 unspecified atom stereocenters. The van der Waals surface area contributed by atoms with Gasteiger partial charge in [0.05, 0.1) is 18.0 Å². The monoisotopic (exact) mass is 606 g/mol. The van der Waals surface area contributed by atoms with Gasteiger partial charge in [-0.15, -0.1) is 0 Å². The molecule has 3 aliphatic heterocycles. The normalized spacial score (nSPS) is 35.1. The topological polar surface area (TPSA) is 145 Å². The van der Waals surface area contributed by atoms with Crippen molar-refractivity contribution >= 4 is 29.9 Å². The molecule has 0 aromatic carbocycles. The summed E-state index contributed by atoms with van der Waals surface area (Å²) in [5.74, 6) is -3.92. The highest BCUT2D eigenvalue weighted by Crippen LogP contribution is 2.59. The SMILES string of the molecule is CC(C)(C(NC=O)C(=O)N1CC2C3CC(F)C(C3)C2C1C(=O)N1CC2(CC1C#N)Oc1cccnc1NC2=O)C(F)(F)F. The molecule has 2 N–H and O–H groups in total. The summed E-state index contributed by atoms with van der Waals surface area (Å²) in [6, 6.07) is 0.530. The Morgan fingerprint density at radius 2 is 2.02 bits per heavy atom. The molecule has 15 heteroatoms. The van der Waals surface area contributed by atoms with Crippen molar-refractivity contribution in [2.45, 2.75) is 69.2 Å². The molecule has 2 saturated heterocycles. The van der Waals surface area contributed by atoms with Gasteiger partial charge >= 0.3 is 6.18 Å². The van der Waals surface area contributed by atoms with Gasteiger partial charge in [-0.05, 0) is 62.5 Å². The highest BCUT2D eigenvalue weighted by atomic mass is 19.4. The highest BCUT2D eigenvalue weighted by molar-refractivity contribution is 6.01. The summed E-state index contributed by atoms with van der Waals surface area (Å²) in [6.45, 7) is 1.09. The molecular weight excluding hydrogens is 576 g/mol. The molecule has 6 rings (SSSR count). The van der Waals surface area contributed by atoms with Gasteiger partial charge in [-0.3, -0.25) is 19.2 Å². The molecule has 4 heterocycles. The summed E-state index contributed by atoms with van der Waals surface area (Å²) in [6.07, 6.45) is -4.19. The van der Waals surface area contributed by atoms with E-state index in [9.17, 15) is 37.6 Å².